The number of carboxylic acids is 2. The number of hydrogen-bond donors (Lipinski definition) is 10. The fraction of sp³-hybridized carbons (Fsp3) is 0.500. The van der Waals surface area contributed by atoms with E-state index in [2.05, 4.69) is 21.3 Å². The van der Waals surface area contributed by atoms with Crippen LogP contribution in [0.3, 0.4) is 0 Å². The normalized spacial score (nSPS) is 12.7. The van der Waals surface area contributed by atoms with Gasteiger partial charge in [0.15, 0.2) is 5.96 Å². The molecule has 0 bridgehead atoms. The summed E-state index contributed by atoms with van der Waals surface area (Å²) in [6, 6.07) is 4.34. The molecule has 0 saturated heterocycles. The highest BCUT2D eigenvalue weighted by Gasteiger charge is 2.38. The third-order valence-corrected chi connectivity index (χ3v) is 5.91. The maximum atomic E-state index is 13.1. The molecular weight excluding hydrogens is 593 g/mol. The van der Waals surface area contributed by atoms with E-state index < -0.39 is 53.8 Å². The second-order valence-electron chi connectivity index (χ2n) is 9.37. The molecule has 246 valence electrons. The van der Waals surface area contributed by atoms with Gasteiger partial charge >= 0.3 is 18.1 Å². The van der Waals surface area contributed by atoms with Crippen molar-refractivity contribution in [2.45, 2.75) is 63.7 Å². The lowest BCUT2D eigenvalue weighted by Gasteiger charge is -2.24. The van der Waals surface area contributed by atoms with Crippen molar-refractivity contribution < 1.29 is 47.4 Å². The summed E-state index contributed by atoms with van der Waals surface area (Å²) in [5, 5.41) is 41.4. The van der Waals surface area contributed by atoms with Crippen molar-refractivity contribution in [2.24, 2.45) is 17.4 Å². The molecule has 3 atom stereocenters. The van der Waals surface area contributed by atoms with Crippen molar-refractivity contribution in [2.75, 3.05) is 13.6 Å². The predicted octanol–water partition coefficient (Wildman–Crippen LogP) is 0.0163. The molecule has 18 heteroatoms. The zero-order chi connectivity index (χ0) is 34.0. The molecule has 1 aromatic carbocycles. The average molecular weight is 633 g/mol. The molecule has 0 fully saturated rings. The zero-order valence-electron chi connectivity index (χ0n) is 24.2. The van der Waals surface area contributed by atoms with E-state index in [4.69, 9.17) is 32.2 Å². The molecule has 3 amide bonds. The lowest BCUT2D eigenvalue weighted by Crippen LogP contribution is -2.54. The van der Waals surface area contributed by atoms with Crippen LogP contribution in [0.4, 0.5) is 13.2 Å². The maximum Gasteiger partial charge on any atom is 0.490 e. The van der Waals surface area contributed by atoms with Crippen LogP contribution in [0.25, 0.3) is 0 Å². The standard InChI is InChI=1S/C24H38N8O5.C2HF3O2/c1-3-4-6-17(22(35)32-18(23(36)37)7-5-12-30-24(27)28)31-21(34)16(20(33)29-2)13-14-8-10-15(11-9-14)19(25)26;3-2(4,5)1(6)7/h8-11,16-18H,3-7,12-13H2,1-2H3,(H3,25,26)(H,29,33)(H,31,34)(H,32,35)(H,36,37)(H4,27,28,30);(H,6,7)/t16?,17-,18+;/m1./s1. The first-order valence-corrected chi connectivity index (χ1v) is 13.3. The number of hydrogen-bond acceptors (Lipinski definition) is 7. The van der Waals surface area contributed by atoms with Gasteiger partial charge in [0.2, 0.25) is 17.7 Å². The fourth-order valence-electron chi connectivity index (χ4n) is 3.54. The number of carbonyl (C=O) groups is 5. The summed E-state index contributed by atoms with van der Waals surface area (Å²) in [6.07, 6.45) is -3.01. The van der Waals surface area contributed by atoms with Gasteiger partial charge in [-0.1, -0.05) is 44.0 Å². The van der Waals surface area contributed by atoms with Gasteiger partial charge in [0.25, 0.3) is 0 Å². The zero-order valence-corrected chi connectivity index (χ0v) is 24.2. The molecule has 0 aliphatic rings. The Balaban J connectivity index is 0.00000234. The monoisotopic (exact) mass is 632 g/mol. The van der Waals surface area contributed by atoms with E-state index in [9.17, 15) is 37.5 Å². The number of carbonyl (C=O) groups excluding carboxylic acids is 3. The Hall–Kier alpha value is -4.90. The number of carboxylic acid groups (broad SMARTS) is 2. The third-order valence-electron chi connectivity index (χ3n) is 5.91. The first kappa shape index (κ1) is 39.1. The first-order chi connectivity index (χ1) is 20.4. The summed E-state index contributed by atoms with van der Waals surface area (Å²) < 4.78 is 31.7. The lowest BCUT2D eigenvalue weighted by molar-refractivity contribution is -0.192. The van der Waals surface area contributed by atoms with Crippen LogP contribution in [-0.2, 0) is 30.4 Å². The molecule has 1 unspecified atom stereocenters. The van der Waals surface area contributed by atoms with Gasteiger partial charge < -0.3 is 42.9 Å². The van der Waals surface area contributed by atoms with Crippen LogP contribution in [0.5, 0.6) is 0 Å². The number of benzene rings is 1. The van der Waals surface area contributed by atoms with Gasteiger partial charge in [0, 0.05) is 19.2 Å². The molecule has 44 heavy (non-hydrogen) atoms. The van der Waals surface area contributed by atoms with E-state index in [1.54, 1.807) is 24.3 Å². The van der Waals surface area contributed by atoms with Crippen molar-refractivity contribution >= 4 is 41.5 Å². The SMILES string of the molecule is CCCC[C@@H](NC(=O)C(Cc1ccc(C(=N)N)cc1)C(=O)NC)C(=O)N[C@@H](CCCNC(=N)N)C(=O)O.O=C(O)C(F)(F)F. The predicted molar refractivity (Wildman–Crippen MR) is 153 cm³/mol. The van der Waals surface area contributed by atoms with Crippen molar-refractivity contribution in [1.82, 2.24) is 21.3 Å². The number of amides is 3. The van der Waals surface area contributed by atoms with E-state index in [0.29, 0.717) is 24.0 Å². The number of nitrogens with one attached hydrogen (secondary N) is 6. The Kier molecular flexibility index (Phi) is 17.2. The Labute approximate surface area is 251 Å². The summed E-state index contributed by atoms with van der Waals surface area (Å²) in [4.78, 5) is 59.2. The number of amidine groups is 1. The molecule has 0 heterocycles. The van der Waals surface area contributed by atoms with Gasteiger partial charge in [0.1, 0.15) is 23.8 Å². The van der Waals surface area contributed by atoms with Crippen LogP contribution in [0.2, 0.25) is 0 Å². The molecule has 0 aliphatic heterocycles. The minimum Gasteiger partial charge on any atom is -0.480 e. The third kappa shape index (κ3) is 15.4. The molecule has 15 nitrogen and oxygen atoms in total. The number of nitrogen functional groups attached to an aromatic ring is 1. The fourth-order valence-corrected chi connectivity index (χ4v) is 3.54. The van der Waals surface area contributed by atoms with Crippen LogP contribution in [0.1, 0.15) is 50.2 Å². The van der Waals surface area contributed by atoms with Gasteiger partial charge in [0.05, 0.1) is 0 Å². The first-order valence-electron chi connectivity index (χ1n) is 13.3. The van der Waals surface area contributed by atoms with Gasteiger partial charge in [-0.3, -0.25) is 25.2 Å². The summed E-state index contributed by atoms with van der Waals surface area (Å²) in [6.45, 7) is 2.18. The number of unbranched alkanes of at least 4 members (excludes halogenated alkanes) is 1. The maximum absolute atomic E-state index is 13.1. The molecule has 1 rings (SSSR count). The van der Waals surface area contributed by atoms with Crippen molar-refractivity contribution in [3.63, 3.8) is 0 Å². The quantitative estimate of drug-likeness (QED) is 0.0505. The second kappa shape index (κ2) is 19.3. The molecular formula is C26H39F3N8O7. The molecule has 0 radical (unpaired) electrons. The largest absolute Gasteiger partial charge is 0.490 e. The van der Waals surface area contributed by atoms with Crippen LogP contribution >= 0.6 is 0 Å². The Bertz CT molecular complexity index is 1160. The minimum atomic E-state index is -5.08. The van der Waals surface area contributed by atoms with Crippen LogP contribution in [0, 0.1) is 16.7 Å². The van der Waals surface area contributed by atoms with Crippen LogP contribution in [-0.4, -0.2) is 83.5 Å². The number of nitrogens with two attached hydrogens (primary N) is 2. The smallest absolute Gasteiger partial charge is 0.480 e. The lowest BCUT2D eigenvalue weighted by atomic mass is 9.95. The number of halogens is 3. The van der Waals surface area contributed by atoms with Crippen molar-refractivity contribution in [3.8, 4) is 0 Å². The van der Waals surface area contributed by atoms with Crippen molar-refractivity contribution in [3.05, 3.63) is 35.4 Å². The van der Waals surface area contributed by atoms with E-state index in [0.717, 1.165) is 6.42 Å². The summed E-state index contributed by atoms with van der Waals surface area (Å²) in [7, 11) is 1.40. The molecule has 1 aromatic rings. The van der Waals surface area contributed by atoms with E-state index in [1.807, 2.05) is 6.92 Å². The van der Waals surface area contributed by atoms with Gasteiger partial charge in [-0.05, 0) is 31.2 Å². The number of guanidine groups is 1. The number of rotatable bonds is 16. The number of aliphatic carboxylic acids is 2. The van der Waals surface area contributed by atoms with Gasteiger partial charge in [-0.25, -0.2) is 9.59 Å². The molecule has 12 N–H and O–H groups in total. The van der Waals surface area contributed by atoms with Crippen molar-refractivity contribution in [1.29, 1.82) is 10.8 Å². The van der Waals surface area contributed by atoms with Gasteiger partial charge in [-0.15, -0.1) is 0 Å². The van der Waals surface area contributed by atoms with Crippen LogP contribution in [0.15, 0.2) is 24.3 Å². The average Bonchev–Trinajstić information content (AvgIpc) is 2.94. The highest BCUT2D eigenvalue weighted by molar-refractivity contribution is 6.02. The summed E-state index contributed by atoms with van der Waals surface area (Å²) in [5.41, 5.74) is 11.8. The van der Waals surface area contributed by atoms with E-state index in [1.165, 1.54) is 7.05 Å². The molecule has 0 spiro atoms. The molecule has 0 saturated carbocycles. The van der Waals surface area contributed by atoms with E-state index >= 15 is 0 Å². The topological polar surface area (TPSA) is 274 Å². The number of alkyl halides is 3. The van der Waals surface area contributed by atoms with Crippen LogP contribution < -0.4 is 32.7 Å². The Morgan fingerprint density at radius 1 is 0.886 bits per heavy atom. The summed E-state index contributed by atoms with van der Waals surface area (Å²) >= 11 is 0. The highest BCUT2D eigenvalue weighted by Crippen LogP contribution is 2.14. The minimum absolute atomic E-state index is 0.0483. The second-order valence-corrected chi connectivity index (χ2v) is 9.37. The van der Waals surface area contributed by atoms with E-state index in [-0.39, 0.29) is 37.6 Å². The molecule has 0 aliphatic carbocycles. The highest BCUT2D eigenvalue weighted by atomic mass is 19.4. The Morgan fingerprint density at radius 2 is 1.41 bits per heavy atom. The molecule has 0 aromatic heterocycles. The summed E-state index contributed by atoms with van der Waals surface area (Å²) in [5.74, 6) is -7.33. The Morgan fingerprint density at radius 3 is 1.84 bits per heavy atom. The van der Waals surface area contributed by atoms with Gasteiger partial charge in [-0.2, -0.15) is 13.2 Å².